The van der Waals surface area contributed by atoms with Gasteiger partial charge in [-0.1, -0.05) is 6.07 Å². The van der Waals surface area contributed by atoms with Gasteiger partial charge >= 0.3 is 0 Å². The average Bonchev–Trinajstić information content (AvgIpc) is 3.06. The van der Waals surface area contributed by atoms with Crippen molar-refractivity contribution in [3.05, 3.63) is 40.0 Å². The summed E-state index contributed by atoms with van der Waals surface area (Å²) < 4.78 is 10.4. The number of aromatic nitrogens is 2. The summed E-state index contributed by atoms with van der Waals surface area (Å²) in [7, 11) is 1.64. The van der Waals surface area contributed by atoms with Gasteiger partial charge < -0.3 is 20.1 Å². The van der Waals surface area contributed by atoms with Crippen molar-refractivity contribution in [1.29, 1.82) is 0 Å². The molecule has 2 aromatic heterocycles. The zero-order chi connectivity index (χ0) is 18.6. The first-order valence-electron chi connectivity index (χ1n) is 8.71. The topological polar surface area (TPSA) is 80.7 Å². The lowest BCUT2D eigenvalue weighted by Gasteiger charge is -2.11. The standard InChI is InChI=1S/C18H27N5O2S.HI/c1-4-19-18(20-8-7-16-13-26-14(2)23-16)22-12-15-5-6-17(21-11-15)25-10-9-24-3;/h5-6,11,13H,4,7-10,12H2,1-3H3,(H2,19,20,22);1H. The molecule has 0 spiro atoms. The van der Waals surface area contributed by atoms with Gasteiger partial charge in [0.15, 0.2) is 5.96 Å². The number of thiazole rings is 1. The fraction of sp³-hybridized carbons (Fsp3) is 0.500. The van der Waals surface area contributed by atoms with E-state index in [9.17, 15) is 0 Å². The Labute approximate surface area is 182 Å². The summed E-state index contributed by atoms with van der Waals surface area (Å²) >= 11 is 1.68. The predicted octanol–water partition coefficient (Wildman–Crippen LogP) is 2.79. The van der Waals surface area contributed by atoms with Gasteiger partial charge in [0.2, 0.25) is 5.88 Å². The van der Waals surface area contributed by atoms with Gasteiger partial charge in [-0.3, -0.25) is 0 Å². The SMILES string of the molecule is CCNC(=NCc1ccc(OCCOC)nc1)NCCc1csc(C)n1.I. The number of nitrogens with zero attached hydrogens (tertiary/aromatic N) is 3. The van der Waals surface area contributed by atoms with E-state index in [4.69, 9.17) is 9.47 Å². The average molecular weight is 505 g/mol. The van der Waals surface area contributed by atoms with Crippen molar-refractivity contribution < 1.29 is 9.47 Å². The van der Waals surface area contributed by atoms with E-state index < -0.39 is 0 Å². The van der Waals surface area contributed by atoms with Gasteiger partial charge in [-0.05, 0) is 19.4 Å². The second-order valence-corrected chi connectivity index (χ2v) is 6.64. The Kier molecular flexibility index (Phi) is 11.9. The maximum atomic E-state index is 5.46. The van der Waals surface area contributed by atoms with Gasteiger partial charge in [-0.25, -0.2) is 15.0 Å². The van der Waals surface area contributed by atoms with Crippen molar-refractivity contribution in [3.8, 4) is 5.88 Å². The maximum absolute atomic E-state index is 5.46. The number of aliphatic imine (C=N–C) groups is 1. The van der Waals surface area contributed by atoms with E-state index in [2.05, 4.69) is 37.9 Å². The summed E-state index contributed by atoms with van der Waals surface area (Å²) in [6, 6.07) is 3.83. The second-order valence-electron chi connectivity index (χ2n) is 5.58. The molecule has 150 valence electrons. The number of hydrogen-bond donors (Lipinski definition) is 2. The van der Waals surface area contributed by atoms with Gasteiger partial charge in [0, 0.05) is 44.3 Å². The number of rotatable bonds is 10. The molecule has 0 aliphatic carbocycles. The second kappa shape index (κ2) is 13.7. The van der Waals surface area contributed by atoms with Crippen molar-refractivity contribution in [2.75, 3.05) is 33.4 Å². The molecule has 0 bridgehead atoms. The van der Waals surface area contributed by atoms with Gasteiger partial charge in [0.25, 0.3) is 0 Å². The highest BCUT2D eigenvalue weighted by Gasteiger charge is 2.02. The Balaban J connectivity index is 0.00000364. The number of halogens is 1. The number of aryl methyl sites for hydroxylation is 1. The van der Waals surface area contributed by atoms with E-state index in [1.165, 1.54) is 0 Å². The molecule has 0 atom stereocenters. The van der Waals surface area contributed by atoms with E-state index >= 15 is 0 Å². The Morgan fingerprint density at radius 2 is 2.11 bits per heavy atom. The zero-order valence-electron chi connectivity index (χ0n) is 16.0. The lowest BCUT2D eigenvalue weighted by atomic mass is 10.3. The molecule has 0 saturated heterocycles. The molecule has 2 N–H and O–H groups in total. The number of ether oxygens (including phenoxy) is 2. The molecule has 0 aliphatic rings. The van der Waals surface area contributed by atoms with Crippen LogP contribution in [0.25, 0.3) is 0 Å². The Morgan fingerprint density at radius 3 is 2.74 bits per heavy atom. The molecule has 27 heavy (non-hydrogen) atoms. The number of pyridine rings is 1. The molecule has 7 nitrogen and oxygen atoms in total. The van der Waals surface area contributed by atoms with Crippen LogP contribution in [0.4, 0.5) is 0 Å². The molecule has 2 aromatic rings. The molecular weight excluding hydrogens is 477 g/mol. The Bertz CT molecular complexity index is 679. The molecule has 2 heterocycles. The smallest absolute Gasteiger partial charge is 0.213 e. The summed E-state index contributed by atoms with van der Waals surface area (Å²) in [6.45, 7) is 7.27. The third-order valence-corrected chi connectivity index (χ3v) is 4.26. The monoisotopic (exact) mass is 505 g/mol. The van der Waals surface area contributed by atoms with Gasteiger partial charge in [0.1, 0.15) is 6.61 Å². The third-order valence-electron chi connectivity index (χ3n) is 3.44. The van der Waals surface area contributed by atoms with Crippen LogP contribution in [-0.4, -0.2) is 49.3 Å². The van der Waals surface area contributed by atoms with Crippen LogP contribution in [0.5, 0.6) is 5.88 Å². The molecule has 0 amide bonds. The van der Waals surface area contributed by atoms with Crippen molar-refractivity contribution in [2.45, 2.75) is 26.8 Å². The first-order valence-corrected chi connectivity index (χ1v) is 9.59. The molecule has 0 unspecified atom stereocenters. The minimum atomic E-state index is 0. The minimum absolute atomic E-state index is 0. The Morgan fingerprint density at radius 1 is 1.26 bits per heavy atom. The van der Waals surface area contributed by atoms with Gasteiger partial charge in [-0.2, -0.15) is 0 Å². The van der Waals surface area contributed by atoms with Crippen LogP contribution in [0.15, 0.2) is 28.7 Å². The third kappa shape index (κ3) is 9.34. The maximum Gasteiger partial charge on any atom is 0.213 e. The molecule has 2 rings (SSSR count). The van der Waals surface area contributed by atoms with Crippen molar-refractivity contribution in [1.82, 2.24) is 20.6 Å². The summed E-state index contributed by atoms with van der Waals surface area (Å²) in [5, 5.41) is 9.79. The number of nitrogens with one attached hydrogen (secondary N) is 2. The molecule has 0 aromatic carbocycles. The molecule has 9 heteroatoms. The van der Waals surface area contributed by atoms with E-state index in [0.717, 1.165) is 41.7 Å². The number of hydrogen-bond acceptors (Lipinski definition) is 6. The lowest BCUT2D eigenvalue weighted by molar-refractivity contribution is 0.143. The molecule has 0 saturated carbocycles. The van der Waals surface area contributed by atoms with Crippen molar-refractivity contribution in [3.63, 3.8) is 0 Å². The number of guanidine groups is 1. The summed E-state index contributed by atoms with van der Waals surface area (Å²) in [6.07, 6.45) is 2.66. The van der Waals surface area contributed by atoms with E-state index in [1.54, 1.807) is 24.6 Å². The highest BCUT2D eigenvalue weighted by atomic mass is 127. The Hall–Kier alpha value is -1.46. The van der Waals surface area contributed by atoms with Crippen LogP contribution in [0, 0.1) is 6.92 Å². The zero-order valence-corrected chi connectivity index (χ0v) is 19.2. The van der Waals surface area contributed by atoms with Crippen LogP contribution in [0.1, 0.15) is 23.2 Å². The van der Waals surface area contributed by atoms with Crippen molar-refractivity contribution >= 4 is 41.3 Å². The molecular formula is C18H28IN5O2S. The molecule has 0 radical (unpaired) electrons. The number of methoxy groups -OCH3 is 1. The largest absolute Gasteiger partial charge is 0.475 e. The molecule has 0 fully saturated rings. The van der Waals surface area contributed by atoms with Gasteiger partial charge in [-0.15, -0.1) is 35.3 Å². The summed E-state index contributed by atoms with van der Waals surface area (Å²) in [4.78, 5) is 13.4. The van der Waals surface area contributed by atoms with E-state index in [1.807, 2.05) is 19.1 Å². The fourth-order valence-electron chi connectivity index (χ4n) is 2.16. The normalized spacial score (nSPS) is 11.0. The van der Waals surface area contributed by atoms with E-state index in [0.29, 0.717) is 25.6 Å². The van der Waals surface area contributed by atoms with Crippen LogP contribution in [0.3, 0.4) is 0 Å². The first-order chi connectivity index (χ1) is 12.7. The summed E-state index contributed by atoms with van der Waals surface area (Å²) in [5.74, 6) is 1.39. The first kappa shape index (κ1) is 23.6. The fourth-order valence-corrected chi connectivity index (χ4v) is 2.81. The molecule has 0 aliphatic heterocycles. The minimum Gasteiger partial charge on any atom is -0.475 e. The van der Waals surface area contributed by atoms with Crippen LogP contribution in [0.2, 0.25) is 0 Å². The predicted molar refractivity (Wildman–Crippen MR) is 120 cm³/mol. The van der Waals surface area contributed by atoms with Gasteiger partial charge in [0.05, 0.1) is 23.9 Å². The highest BCUT2D eigenvalue weighted by molar-refractivity contribution is 14.0. The highest BCUT2D eigenvalue weighted by Crippen LogP contribution is 2.09. The summed E-state index contributed by atoms with van der Waals surface area (Å²) in [5.41, 5.74) is 2.14. The van der Waals surface area contributed by atoms with Crippen LogP contribution >= 0.6 is 35.3 Å². The van der Waals surface area contributed by atoms with E-state index in [-0.39, 0.29) is 24.0 Å². The van der Waals surface area contributed by atoms with Crippen LogP contribution in [-0.2, 0) is 17.7 Å². The lowest BCUT2D eigenvalue weighted by Crippen LogP contribution is -2.38. The van der Waals surface area contributed by atoms with Crippen LogP contribution < -0.4 is 15.4 Å². The quantitative estimate of drug-likeness (QED) is 0.224. The van der Waals surface area contributed by atoms with Crippen molar-refractivity contribution in [2.24, 2.45) is 4.99 Å².